The Balaban J connectivity index is 2.45. The Bertz CT molecular complexity index is 593. The first-order chi connectivity index (χ1) is 9.38. The Morgan fingerprint density at radius 3 is 1.00 bits per heavy atom. The van der Waals surface area contributed by atoms with Crippen molar-refractivity contribution in [3.8, 4) is 0 Å². The van der Waals surface area contributed by atoms with Gasteiger partial charge in [0.05, 0.1) is 0 Å². The van der Waals surface area contributed by atoms with E-state index >= 15 is 0 Å². The molecular weight excluding hydrogens is 652 g/mol. The van der Waals surface area contributed by atoms with Gasteiger partial charge >= 0.3 is 0 Å². The molecule has 104 valence electrons. The van der Waals surface area contributed by atoms with E-state index in [0.717, 1.165) is 38.2 Å². The number of hydrogen-bond donors (Lipinski definition) is 0. The molecule has 2 nitrogen and oxygen atoms in total. The maximum absolute atomic E-state index is 4.30. The van der Waals surface area contributed by atoms with Crippen molar-refractivity contribution < 1.29 is 0 Å². The van der Waals surface area contributed by atoms with Gasteiger partial charge in [0, 0.05) is 26.8 Å². The molecule has 0 aliphatic carbocycles. The molecule has 8 heteroatoms. The highest BCUT2D eigenvalue weighted by atomic mass is 79.9. The van der Waals surface area contributed by atoms with E-state index in [1.165, 1.54) is 0 Å². The van der Waals surface area contributed by atoms with Gasteiger partial charge in [-0.05, 0) is 88.0 Å². The summed E-state index contributed by atoms with van der Waals surface area (Å²) < 4.78 is 5.33. The molecule has 0 heterocycles. The SMILES string of the molecule is Brc1cc(Br)c(N=Nc2c(Br)cc(Br)cc2Br)c(Br)c1. The predicted octanol–water partition coefficient (Wildman–Crippen LogP) is 8.68. The van der Waals surface area contributed by atoms with Crippen molar-refractivity contribution in [2.45, 2.75) is 0 Å². The van der Waals surface area contributed by atoms with Crippen LogP contribution in [0.5, 0.6) is 0 Å². The van der Waals surface area contributed by atoms with Gasteiger partial charge in [-0.25, -0.2) is 0 Å². The summed E-state index contributed by atoms with van der Waals surface area (Å²) in [5.41, 5.74) is 1.46. The molecule has 0 aliphatic heterocycles. The maximum atomic E-state index is 4.30. The summed E-state index contributed by atoms with van der Waals surface area (Å²) in [6.45, 7) is 0. The molecule has 0 fully saturated rings. The zero-order chi connectivity index (χ0) is 14.9. The molecule has 0 radical (unpaired) electrons. The highest BCUT2D eigenvalue weighted by molar-refractivity contribution is 9.12. The van der Waals surface area contributed by atoms with Crippen molar-refractivity contribution in [1.29, 1.82) is 0 Å². The second-order valence-corrected chi connectivity index (χ2v) is 8.88. The largest absolute Gasteiger partial charge is 0.148 e. The molecular formula is C12H4Br6N2. The van der Waals surface area contributed by atoms with Crippen molar-refractivity contribution in [2.75, 3.05) is 0 Å². The van der Waals surface area contributed by atoms with E-state index in [1.54, 1.807) is 0 Å². The number of nitrogens with zero attached hydrogens (tertiary/aromatic N) is 2. The quantitative estimate of drug-likeness (QED) is 0.290. The molecule has 0 saturated heterocycles. The summed E-state index contributed by atoms with van der Waals surface area (Å²) in [6.07, 6.45) is 0. The first-order valence-electron chi connectivity index (χ1n) is 5.09. The third-order valence-electron chi connectivity index (χ3n) is 2.21. The Morgan fingerprint density at radius 2 is 0.750 bits per heavy atom. The Hall–Kier alpha value is 0.920. The number of hydrogen-bond acceptors (Lipinski definition) is 2. The van der Waals surface area contributed by atoms with E-state index in [-0.39, 0.29) is 0 Å². The van der Waals surface area contributed by atoms with Crippen LogP contribution in [0.4, 0.5) is 11.4 Å². The van der Waals surface area contributed by atoms with Gasteiger partial charge in [-0.2, -0.15) is 0 Å². The minimum absolute atomic E-state index is 0.731. The molecule has 2 aromatic rings. The lowest BCUT2D eigenvalue weighted by Crippen LogP contribution is -1.76. The van der Waals surface area contributed by atoms with Gasteiger partial charge in [-0.1, -0.05) is 31.9 Å². The molecule has 2 aromatic carbocycles. The van der Waals surface area contributed by atoms with Gasteiger partial charge in [0.25, 0.3) is 0 Å². The molecule has 2 rings (SSSR count). The topological polar surface area (TPSA) is 24.7 Å². The molecule has 0 bridgehead atoms. The predicted molar refractivity (Wildman–Crippen MR) is 103 cm³/mol. The number of halogens is 6. The van der Waals surface area contributed by atoms with Crippen LogP contribution in [0.3, 0.4) is 0 Å². The first-order valence-corrected chi connectivity index (χ1v) is 9.85. The minimum atomic E-state index is 0.731. The summed E-state index contributed by atoms with van der Waals surface area (Å²) in [5.74, 6) is 0. The Morgan fingerprint density at radius 1 is 0.500 bits per heavy atom. The molecule has 0 atom stereocenters. The normalized spacial score (nSPS) is 11.3. The van der Waals surface area contributed by atoms with Crippen molar-refractivity contribution in [1.82, 2.24) is 0 Å². The van der Waals surface area contributed by atoms with E-state index < -0.39 is 0 Å². The average Bonchev–Trinajstić information content (AvgIpc) is 2.30. The standard InChI is InChI=1S/C12H4Br6N2/c13-5-1-7(15)11(8(16)2-5)19-20-12-9(17)3-6(14)4-10(12)18/h1-4H. The molecule has 0 unspecified atom stereocenters. The fraction of sp³-hybridized carbons (Fsp3) is 0. The van der Waals surface area contributed by atoms with Crippen LogP contribution in [-0.2, 0) is 0 Å². The van der Waals surface area contributed by atoms with Gasteiger partial charge < -0.3 is 0 Å². The Labute approximate surface area is 166 Å². The maximum Gasteiger partial charge on any atom is 0.114 e. The fourth-order valence-corrected chi connectivity index (χ4v) is 6.19. The first kappa shape index (κ1) is 17.3. The summed E-state index contributed by atoms with van der Waals surface area (Å²) in [7, 11) is 0. The van der Waals surface area contributed by atoms with Crippen LogP contribution in [0, 0.1) is 0 Å². The van der Waals surface area contributed by atoms with E-state index in [1.807, 2.05) is 24.3 Å². The zero-order valence-electron chi connectivity index (χ0n) is 9.47. The highest BCUT2D eigenvalue weighted by Crippen LogP contribution is 2.40. The van der Waals surface area contributed by atoms with Crippen LogP contribution in [-0.4, -0.2) is 0 Å². The smallest absolute Gasteiger partial charge is 0.114 e. The lowest BCUT2D eigenvalue weighted by molar-refractivity contribution is 1.20. The van der Waals surface area contributed by atoms with Crippen molar-refractivity contribution in [2.24, 2.45) is 10.2 Å². The van der Waals surface area contributed by atoms with Crippen LogP contribution < -0.4 is 0 Å². The summed E-state index contributed by atoms with van der Waals surface area (Å²) in [5, 5.41) is 8.61. The molecule has 0 aromatic heterocycles. The zero-order valence-corrected chi connectivity index (χ0v) is 19.0. The number of benzene rings is 2. The second kappa shape index (κ2) is 7.46. The van der Waals surface area contributed by atoms with E-state index in [4.69, 9.17) is 0 Å². The lowest BCUT2D eigenvalue weighted by atomic mass is 10.3. The number of azo groups is 1. The average molecular weight is 656 g/mol. The minimum Gasteiger partial charge on any atom is -0.148 e. The van der Waals surface area contributed by atoms with Gasteiger partial charge in [0.1, 0.15) is 11.4 Å². The molecule has 20 heavy (non-hydrogen) atoms. The summed E-state index contributed by atoms with van der Waals surface area (Å²) >= 11 is 20.7. The summed E-state index contributed by atoms with van der Waals surface area (Å²) in [4.78, 5) is 0. The molecule has 0 amide bonds. The van der Waals surface area contributed by atoms with Crippen LogP contribution in [0.1, 0.15) is 0 Å². The van der Waals surface area contributed by atoms with Crippen molar-refractivity contribution in [3.05, 3.63) is 51.1 Å². The van der Waals surface area contributed by atoms with Crippen LogP contribution in [0.25, 0.3) is 0 Å². The highest BCUT2D eigenvalue weighted by Gasteiger charge is 2.09. The van der Waals surface area contributed by atoms with Gasteiger partial charge in [-0.3, -0.25) is 0 Å². The van der Waals surface area contributed by atoms with E-state index in [0.29, 0.717) is 0 Å². The van der Waals surface area contributed by atoms with Crippen LogP contribution >= 0.6 is 95.6 Å². The molecule has 0 spiro atoms. The van der Waals surface area contributed by atoms with Gasteiger partial charge in [-0.15, -0.1) is 10.2 Å². The molecule has 0 N–H and O–H groups in total. The Kier molecular flexibility index (Phi) is 6.44. The van der Waals surface area contributed by atoms with Crippen molar-refractivity contribution >= 4 is 107 Å². The second-order valence-electron chi connectivity index (χ2n) is 3.64. The molecule has 0 aliphatic rings. The number of rotatable bonds is 2. The lowest BCUT2D eigenvalue weighted by Gasteiger charge is -2.04. The third kappa shape index (κ3) is 4.23. The van der Waals surface area contributed by atoms with Crippen LogP contribution in [0.2, 0.25) is 0 Å². The fourth-order valence-electron chi connectivity index (χ4n) is 1.36. The van der Waals surface area contributed by atoms with Crippen LogP contribution in [0.15, 0.2) is 61.3 Å². The van der Waals surface area contributed by atoms with Crippen molar-refractivity contribution in [3.63, 3.8) is 0 Å². The van der Waals surface area contributed by atoms with Gasteiger partial charge in [0.15, 0.2) is 0 Å². The van der Waals surface area contributed by atoms with E-state index in [2.05, 4.69) is 106 Å². The van der Waals surface area contributed by atoms with Gasteiger partial charge in [0.2, 0.25) is 0 Å². The van der Waals surface area contributed by atoms with E-state index in [9.17, 15) is 0 Å². The summed E-state index contributed by atoms with van der Waals surface area (Å²) in [6, 6.07) is 7.69. The monoisotopic (exact) mass is 650 g/mol. The third-order valence-corrected chi connectivity index (χ3v) is 5.55. The molecule has 0 saturated carbocycles.